The number of alkyl halides is 2. The molecule has 17 heteroatoms. The highest BCUT2D eigenvalue weighted by atomic mass is 35.5. The van der Waals surface area contributed by atoms with E-state index in [-0.39, 0.29) is 115 Å². The van der Waals surface area contributed by atoms with Crippen LogP contribution in [0.5, 0.6) is 0 Å². The Morgan fingerprint density at radius 3 is 2.22 bits per heavy atom. The van der Waals surface area contributed by atoms with E-state index in [1.165, 1.54) is 28.6 Å². The van der Waals surface area contributed by atoms with Crippen LogP contribution in [0.1, 0.15) is 56.9 Å². The molecule has 6 rings (SSSR count). The Labute approximate surface area is 301 Å². The molecule has 2 saturated heterocycles. The Hall–Kier alpha value is -3.44. The molecule has 2 aromatic rings. The number of piperazine rings is 1. The number of aromatic nitrogens is 1. The maximum Gasteiger partial charge on any atom is 0.276 e. The third-order valence-electron chi connectivity index (χ3n) is 10.6. The fourth-order valence-electron chi connectivity index (χ4n) is 7.73. The third kappa shape index (κ3) is 8.30. The van der Waals surface area contributed by atoms with Crippen molar-refractivity contribution in [3.05, 3.63) is 47.1 Å². The Morgan fingerprint density at radius 1 is 0.961 bits per heavy atom. The second kappa shape index (κ2) is 15.3. The number of carbonyl (C=O) groups excluding carboxylic acids is 3. The van der Waals surface area contributed by atoms with Gasteiger partial charge in [-0.2, -0.15) is 4.31 Å². The van der Waals surface area contributed by atoms with Gasteiger partial charge in [0.15, 0.2) is 0 Å². The first-order valence-electron chi connectivity index (χ1n) is 17.5. The quantitative estimate of drug-likeness (QED) is 0.265. The SMILES string of the molecule is NCC(=O)N[C@H]1CC[C@@H](NC(=O)C2CCC(C(F)(F)c3cc(Cl)nc(N4CCN(S(=O)(=O)c5ccc(N6C[C@H](N)CC6=O)cc5)CC4)c3)CC2)C1. The Balaban J connectivity index is 1.02. The van der Waals surface area contributed by atoms with Crippen molar-refractivity contribution in [2.75, 3.05) is 49.1 Å². The van der Waals surface area contributed by atoms with Crippen molar-refractivity contribution in [1.29, 1.82) is 0 Å². The maximum atomic E-state index is 16.0. The molecule has 2 aliphatic carbocycles. The van der Waals surface area contributed by atoms with Gasteiger partial charge in [0, 0.05) is 80.4 Å². The minimum absolute atomic E-state index is 0.0341. The topological polar surface area (TPSA) is 184 Å². The van der Waals surface area contributed by atoms with E-state index >= 15 is 8.78 Å². The minimum Gasteiger partial charge on any atom is -0.354 e. The summed E-state index contributed by atoms with van der Waals surface area (Å²) < 4.78 is 60.2. The molecule has 2 aliphatic heterocycles. The molecule has 3 atom stereocenters. The van der Waals surface area contributed by atoms with Gasteiger partial charge >= 0.3 is 0 Å². The van der Waals surface area contributed by atoms with Crippen LogP contribution < -0.4 is 31.9 Å². The number of amides is 3. The van der Waals surface area contributed by atoms with Gasteiger partial charge in [-0.25, -0.2) is 22.2 Å². The Morgan fingerprint density at radius 2 is 1.61 bits per heavy atom. The molecule has 13 nitrogen and oxygen atoms in total. The molecule has 2 saturated carbocycles. The lowest BCUT2D eigenvalue weighted by molar-refractivity contribution is -0.129. The third-order valence-corrected chi connectivity index (χ3v) is 12.7. The lowest BCUT2D eigenvalue weighted by Gasteiger charge is -2.36. The number of benzene rings is 1. The van der Waals surface area contributed by atoms with Gasteiger partial charge in [0.2, 0.25) is 27.7 Å². The summed E-state index contributed by atoms with van der Waals surface area (Å²) in [5.41, 5.74) is 11.6. The van der Waals surface area contributed by atoms with Crippen molar-refractivity contribution in [3.8, 4) is 0 Å². The summed E-state index contributed by atoms with van der Waals surface area (Å²) >= 11 is 6.27. The monoisotopic (exact) mass is 750 g/mol. The Bertz CT molecular complexity index is 1720. The largest absolute Gasteiger partial charge is 0.354 e. The normalized spacial score (nSPS) is 26.4. The molecule has 51 heavy (non-hydrogen) atoms. The van der Waals surface area contributed by atoms with Crippen LogP contribution in [0.15, 0.2) is 41.3 Å². The van der Waals surface area contributed by atoms with E-state index in [1.54, 1.807) is 21.9 Å². The summed E-state index contributed by atoms with van der Waals surface area (Å²) in [7, 11) is -3.85. The fourth-order valence-corrected chi connectivity index (χ4v) is 9.36. The van der Waals surface area contributed by atoms with Crippen LogP contribution in [0, 0.1) is 11.8 Å². The molecule has 4 fully saturated rings. The van der Waals surface area contributed by atoms with Crippen LogP contribution in [-0.4, -0.2) is 92.8 Å². The molecular weight excluding hydrogens is 706 g/mol. The highest BCUT2D eigenvalue weighted by Gasteiger charge is 2.45. The standard InChI is InChI=1S/C34H45ClF2N8O5S/c35-29-15-23(34(36,37)22-3-1-21(2-4-22)33(48)41-26-6-5-25(18-26)40-31(46)19-38)16-30(42-29)43-11-13-44(14-12-43)51(49,50)28-9-7-27(8-10-28)45-20-24(39)17-32(45)47/h7-10,15-16,21-22,24-26H,1-6,11-14,17-20,38-39H2,(H,40,46)(H,41,48)/t21?,22?,24-,25+,26-/m1/s1. The van der Waals surface area contributed by atoms with Gasteiger partial charge in [-0.1, -0.05) is 11.6 Å². The second-order valence-electron chi connectivity index (χ2n) is 14.0. The number of nitrogens with one attached hydrogen (secondary N) is 2. The zero-order chi connectivity index (χ0) is 36.5. The molecule has 0 bridgehead atoms. The average Bonchev–Trinajstić information content (AvgIpc) is 3.71. The van der Waals surface area contributed by atoms with Gasteiger partial charge in [-0.15, -0.1) is 0 Å². The van der Waals surface area contributed by atoms with Crippen LogP contribution in [-0.2, 0) is 30.3 Å². The number of anilines is 2. The predicted molar refractivity (Wildman–Crippen MR) is 188 cm³/mol. The molecule has 3 amide bonds. The predicted octanol–water partition coefficient (Wildman–Crippen LogP) is 2.32. The lowest BCUT2D eigenvalue weighted by Crippen LogP contribution is -2.49. The van der Waals surface area contributed by atoms with E-state index in [1.807, 2.05) is 0 Å². The van der Waals surface area contributed by atoms with Gasteiger partial charge in [0.1, 0.15) is 11.0 Å². The number of nitrogens with zero attached hydrogens (tertiary/aromatic N) is 4. The van der Waals surface area contributed by atoms with Crippen molar-refractivity contribution in [2.45, 2.75) is 80.3 Å². The summed E-state index contributed by atoms with van der Waals surface area (Å²) in [5, 5.41) is 5.81. The summed E-state index contributed by atoms with van der Waals surface area (Å²) in [6.45, 7) is 0.948. The van der Waals surface area contributed by atoms with Gasteiger partial charge in [0.05, 0.1) is 11.4 Å². The molecular formula is C34H45ClF2N8O5S. The lowest BCUT2D eigenvalue weighted by atomic mass is 9.77. The molecule has 6 N–H and O–H groups in total. The van der Waals surface area contributed by atoms with Gasteiger partial charge < -0.3 is 31.9 Å². The van der Waals surface area contributed by atoms with Crippen LogP contribution in [0.25, 0.3) is 0 Å². The Kier molecular flexibility index (Phi) is 11.2. The number of nitrogens with two attached hydrogens (primary N) is 2. The van der Waals surface area contributed by atoms with Crippen LogP contribution in [0.2, 0.25) is 5.15 Å². The van der Waals surface area contributed by atoms with Crippen LogP contribution >= 0.6 is 11.6 Å². The molecule has 3 heterocycles. The number of rotatable bonds is 10. The highest BCUT2D eigenvalue weighted by Crippen LogP contribution is 2.46. The second-order valence-corrected chi connectivity index (χ2v) is 16.4. The molecule has 4 aliphatic rings. The maximum absolute atomic E-state index is 16.0. The van der Waals surface area contributed by atoms with Crippen molar-refractivity contribution in [3.63, 3.8) is 0 Å². The number of carbonyl (C=O) groups is 3. The van der Waals surface area contributed by atoms with Crippen molar-refractivity contribution in [1.82, 2.24) is 19.9 Å². The first-order chi connectivity index (χ1) is 24.2. The zero-order valence-corrected chi connectivity index (χ0v) is 29.8. The highest BCUT2D eigenvalue weighted by molar-refractivity contribution is 7.89. The minimum atomic E-state index is -3.85. The molecule has 1 aromatic heterocycles. The fraction of sp³-hybridized carbons (Fsp3) is 0.588. The van der Waals surface area contributed by atoms with E-state index in [2.05, 4.69) is 15.6 Å². The molecule has 0 spiro atoms. The van der Waals surface area contributed by atoms with Crippen molar-refractivity contribution >= 4 is 50.9 Å². The summed E-state index contributed by atoms with van der Waals surface area (Å²) in [6, 6.07) is 8.28. The molecule has 278 valence electrons. The van der Waals surface area contributed by atoms with E-state index in [0.29, 0.717) is 31.5 Å². The van der Waals surface area contributed by atoms with Crippen LogP contribution in [0.3, 0.4) is 0 Å². The van der Waals surface area contributed by atoms with E-state index in [0.717, 1.165) is 12.8 Å². The van der Waals surface area contributed by atoms with Gasteiger partial charge in [0.25, 0.3) is 5.92 Å². The number of halogens is 3. The van der Waals surface area contributed by atoms with Crippen LogP contribution in [0.4, 0.5) is 20.3 Å². The number of hydrogen-bond donors (Lipinski definition) is 4. The van der Waals surface area contributed by atoms with Crippen molar-refractivity contribution < 1.29 is 31.6 Å². The molecule has 0 radical (unpaired) electrons. The zero-order valence-electron chi connectivity index (χ0n) is 28.3. The number of pyridine rings is 1. The summed E-state index contributed by atoms with van der Waals surface area (Å²) in [4.78, 5) is 44.4. The first kappa shape index (κ1) is 37.3. The van der Waals surface area contributed by atoms with E-state index in [4.69, 9.17) is 23.1 Å². The van der Waals surface area contributed by atoms with Crippen molar-refractivity contribution in [2.24, 2.45) is 23.3 Å². The summed E-state index contributed by atoms with van der Waals surface area (Å²) in [6.07, 6.45) is 3.35. The molecule has 0 unspecified atom stereocenters. The summed E-state index contributed by atoms with van der Waals surface area (Å²) in [5.74, 6) is -4.78. The molecule has 1 aromatic carbocycles. The van der Waals surface area contributed by atoms with E-state index < -0.39 is 21.9 Å². The number of hydrogen-bond acceptors (Lipinski definition) is 9. The van der Waals surface area contributed by atoms with E-state index in [9.17, 15) is 22.8 Å². The van der Waals surface area contributed by atoms with Gasteiger partial charge in [-0.3, -0.25) is 14.4 Å². The van der Waals surface area contributed by atoms with Gasteiger partial charge in [-0.05, 0) is 81.3 Å². The smallest absolute Gasteiger partial charge is 0.276 e. The first-order valence-corrected chi connectivity index (χ1v) is 19.3. The average molecular weight is 751 g/mol. The number of sulfonamides is 1.